The third kappa shape index (κ3) is 2.61. The van der Waals surface area contributed by atoms with Gasteiger partial charge in [0.15, 0.2) is 5.82 Å². The van der Waals surface area contributed by atoms with Crippen LogP contribution in [0.1, 0.15) is 22.7 Å². The van der Waals surface area contributed by atoms with Crippen molar-refractivity contribution in [1.29, 1.82) is 0 Å². The molecule has 130 valence electrons. The van der Waals surface area contributed by atoms with Gasteiger partial charge in [0.25, 0.3) is 0 Å². The van der Waals surface area contributed by atoms with Gasteiger partial charge in [-0.05, 0) is 24.6 Å². The smallest absolute Gasteiger partial charge is 0.456 e. The first-order chi connectivity index (χ1) is 11.8. The van der Waals surface area contributed by atoms with E-state index in [-0.39, 0.29) is 12.4 Å². The summed E-state index contributed by atoms with van der Waals surface area (Å²) in [6.45, 7) is 1.93. The van der Waals surface area contributed by atoms with Gasteiger partial charge in [0.1, 0.15) is 12.4 Å². The maximum absolute atomic E-state index is 12.3. The molecule has 1 atom stereocenters. The van der Waals surface area contributed by atoms with Crippen molar-refractivity contribution in [2.45, 2.75) is 19.2 Å². The molecule has 0 aliphatic carbocycles. The van der Waals surface area contributed by atoms with Crippen LogP contribution in [-0.2, 0) is 9.53 Å². The lowest BCUT2D eigenvalue weighted by atomic mass is 9.82. The highest BCUT2D eigenvalue weighted by molar-refractivity contribution is 5.97. The molecule has 0 unspecified atom stereocenters. The summed E-state index contributed by atoms with van der Waals surface area (Å²) in [6, 6.07) is 5.45. The van der Waals surface area contributed by atoms with Crippen molar-refractivity contribution < 1.29 is 27.4 Å². The molecule has 2 aliphatic heterocycles. The predicted molar refractivity (Wildman–Crippen MR) is 79.9 cm³/mol. The van der Waals surface area contributed by atoms with Crippen LogP contribution in [-0.4, -0.2) is 29.1 Å². The monoisotopic (exact) mass is 351 g/mol. The van der Waals surface area contributed by atoms with Gasteiger partial charge in [-0.2, -0.15) is 5.10 Å². The van der Waals surface area contributed by atoms with Crippen molar-refractivity contribution in [3.8, 4) is 5.75 Å². The summed E-state index contributed by atoms with van der Waals surface area (Å²) in [4.78, 5) is 12.2. The Morgan fingerprint density at radius 3 is 2.68 bits per heavy atom. The van der Waals surface area contributed by atoms with Gasteiger partial charge in [-0.25, -0.2) is 4.79 Å². The lowest BCUT2D eigenvalue weighted by molar-refractivity contribution is -0.274. The number of H-pyrrole nitrogens is 1. The second-order valence-corrected chi connectivity index (χ2v) is 5.75. The van der Waals surface area contributed by atoms with E-state index in [0.29, 0.717) is 22.7 Å². The number of aromatic nitrogens is 2. The molecule has 2 aliphatic rings. The molecule has 1 aromatic carbocycles. The van der Waals surface area contributed by atoms with Crippen LogP contribution in [0.3, 0.4) is 0 Å². The second kappa shape index (κ2) is 5.27. The summed E-state index contributed by atoms with van der Waals surface area (Å²) in [6.07, 6.45) is -4.75. The number of carbonyl (C=O) groups excluding carboxylic acids is 1. The van der Waals surface area contributed by atoms with Crippen molar-refractivity contribution in [2.24, 2.45) is 0 Å². The minimum Gasteiger partial charge on any atom is -0.456 e. The average Bonchev–Trinajstić information content (AvgIpc) is 3.09. The molecule has 0 saturated heterocycles. The zero-order chi connectivity index (χ0) is 17.8. The molecule has 9 heteroatoms. The van der Waals surface area contributed by atoms with E-state index >= 15 is 0 Å². The van der Waals surface area contributed by atoms with Gasteiger partial charge in [0.2, 0.25) is 0 Å². The largest absolute Gasteiger partial charge is 0.573 e. The fraction of sp³-hybridized carbons (Fsp3) is 0.250. The van der Waals surface area contributed by atoms with Crippen molar-refractivity contribution in [3.05, 3.63) is 52.4 Å². The van der Waals surface area contributed by atoms with Crippen LogP contribution in [0.5, 0.6) is 5.75 Å². The first kappa shape index (κ1) is 15.6. The van der Waals surface area contributed by atoms with Gasteiger partial charge in [-0.15, -0.1) is 13.2 Å². The molecular formula is C16H12F3N3O3. The van der Waals surface area contributed by atoms with Crippen molar-refractivity contribution in [3.63, 3.8) is 0 Å². The fourth-order valence-electron chi connectivity index (χ4n) is 3.18. The van der Waals surface area contributed by atoms with E-state index in [1.165, 1.54) is 24.3 Å². The van der Waals surface area contributed by atoms with E-state index in [9.17, 15) is 18.0 Å². The Bertz CT molecular complexity index is 884. The van der Waals surface area contributed by atoms with Crippen LogP contribution < -0.4 is 10.1 Å². The van der Waals surface area contributed by atoms with E-state index in [1.54, 1.807) is 0 Å². The molecule has 1 aromatic heterocycles. The highest BCUT2D eigenvalue weighted by Crippen LogP contribution is 2.45. The number of rotatable bonds is 2. The number of aryl methyl sites for hydroxylation is 1. The quantitative estimate of drug-likeness (QED) is 0.814. The van der Waals surface area contributed by atoms with Gasteiger partial charge in [-0.1, -0.05) is 12.1 Å². The molecule has 4 rings (SSSR count). The van der Waals surface area contributed by atoms with Crippen LogP contribution in [0, 0.1) is 6.92 Å². The predicted octanol–water partition coefficient (Wildman–Crippen LogP) is 2.99. The number of alkyl halides is 3. The van der Waals surface area contributed by atoms with Crippen LogP contribution >= 0.6 is 0 Å². The van der Waals surface area contributed by atoms with Crippen LogP contribution in [0.25, 0.3) is 0 Å². The summed E-state index contributed by atoms with van der Waals surface area (Å²) < 4.78 is 46.0. The molecule has 25 heavy (non-hydrogen) atoms. The summed E-state index contributed by atoms with van der Waals surface area (Å²) >= 11 is 0. The topological polar surface area (TPSA) is 76.2 Å². The van der Waals surface area contributed by atoms with Crippen LogP contribution in [0.15, 0.2) is 35.5 Å². The summed E-state index contributed by atoms with van der Waals surface area (Å²) in [5, 5.41) is 10.1. The molecule has 0 fully saturated rings. The molecule has 0 saturated carbocycles. The van der Waals surface area contributed by atoms with E-state index in [4.69, 9.17) is 4.74 Å². The van der Waals surface area contributed by atoms with Crippen molar-refractivity contribution in [2.75, 3.05) is 11.9 Å². The van der Waals surface area contributed by atoms with Crippen molar-refractivity contribution >= 4 is 11.8 Å². The molecule has 0 amide bonds. The summed E-state index contributed by atoms with van der Waals surface area (Å²) in [5.41, 5.74) is 3.23. The number of cyclic esters (lactones) is 1. The number of halogens is 3. The van der Waals surface area contributed by atoms with E-state index in [0.717, 1.165) is 11.3 Å². The summed E-state index contributed by atoms with van der Waals surface area (Å²) in [7, 11) is 0. The number of benzene rings is 1. The SMILES string of the molecule is Cc1[nH]nc2c1[C@@H](c1ccc(OC(F)(F)F)cc1)C1=C(COC1=O)N2. The second-order valence-electron chi connectivity index (χ2n) is 5.75. The Kier molecular flexibility index (Phi) is 3.28. The maximum Gasteiger partial charge on any atom is 0.573 e. The summed E-state index contributed by atoms with van der Waals surface area (Å²) in [5.74, 6) is -0.665. The Morgan fingerprint density at radius 1 is 1.28 bits per heavy atom. The number of ether oxygens (including phenoxy) is 2. The number of hydrogen-bond donors (Lipinski definition) is 2. The average molecular weight is 351 g/mol. The van der Waals surface area contributed by atoms with Crippen LogP contribution in [0.2, 0.25) is 0 Å². The first-order valence-corrected chi connectivity index (χ1v) is 7.41. The first-order valence-electron chi connectivity index (χ1n) is 7.41. The molecule has 0 bridgehead atoms. The number of fused-ring (bicyclic) bond motifs is 1. The lowest BCUT2D eigenvalue weighted by Crippen LogP contribution is -2.20. The van der Waals surface area contributed by atoms with Gasteiger partial charge in [-0.3, -0.25) is 5.10 Å². The lowest BCUT2D eigenvalue weighted by Gasteiger charge is -2.24. The molecule has 2 aromatic rings. The normalized spacial score (nSPS) is 19.2. The van der Waals surface area contributed by atoms with Gasteiger partial charge >= 0.3 is 12.3 Å². The van der Waals surface area contributed by atoms with E-state index in [2.05, 4.69) is 20.3 Å². The third-order valence-corrected chi connectivity index (χ3v) is 4.18. The molecule has 2 N–H and O–H groups in total. The zero-order valence-electron chi connectivity index (χ0n) is 12.9. The number of aromatic amines is 1. The van der Waals surface area contributed by atoms with Crippen molar-refractivity contribution in [1.82, 2.24) is 10.2 Å². The Labute approximate surface area is 139 Å². The number of hydrogen-bond acceptors (Lipinski definition) is 5. The zero-order valence-corrected chi connectivity index (χ0v) is 12.9. The minimum atomic E-state index is -4.75. The highest BCUT2D eigenvalue weighted by atomic mass is 19.4. The molecular weight excluding hydrogens is 339 g/mol. The Hall–Kier alpha value is -2.97. The Morgan fingerprint density at radius 2 is 2.00 bits per heavy atom. The van der Waals surface area contributed by atoms with E-state index in [1.807, 2.05) is 6.92 Å². The number of anilines is 1. The highest BCUT2D eigenvalue weighted by Gasteiger charge is 2.40. The molecule has 0 spiro atoms. The van der Waals surface area contributed by atoms with E-state index < -0.39 is 18.2 Å². The Balaban J connectivity index is 1.77. The van der Waals surface area contributed by atoms with Crippen LogP contribution in [0.4, 0.5) is 19.0 Å². The number of nitrogens with zero attached hydrogens (tertiary/aromatic N) is 1. The molecule has 0 radical (unpaired) electrons. The number of nitrogens with one attached hydrogen (secondary N) is 2. The van der Waals surface area contributed by atoms with Gasteiger partial charge in [0, 0.05) is 17.2 Å². The van der Waals surface area contributed by atoms with Gasteiger partial charge < -0.3 is 14.8 Å². The number of esters is 1. The van der Waals surface area contributed by atoms with Gasteiger partial charge in [0.05, 0.1) is 11.3 Å². The fourth-order valence-corrected chi connectivity index (χ4v) is 3.18. The standard InChI is InChI=1S/C16H12F3N3O3/c1-7-11-12(8-2-4-9(5-3-8)25-16(17,18)19)13-10(6-24-15(13)23)20-14(11)22-21-7/h2-5,12H,6H2,1H3,(H2,20,21,22)/t12-/m1/s1. The molecule has 6 nitrogen and oxygen atoms in total. The number of carbonyl (C=O) groups is 1. The third-order valence-electron chi connectivity index (χ3n) is 4.18. The maximum atomic E-state index is 12.3. The molecule has 3 heterocycles. The minimum absolute atomic E-state index is 0.116.